The van der Waals surface area contributed by atoms with Crippen molar-refractivity contribution >= 4 is 23.1 Å². The number of hydrogen-bond acceptors (Lipinski definition) is 3. The molecule has 5 heteroatoms. The van der Waals surface area contributed by atoms with E-state index in [9.17, 15) is 14.0 Å². The Hall–Kier alpha value is -2.95. The number of hydrogen-bond donors (Lipinski definition) is 0. The molecule has 3 rings (SSSR count). The maximum atomic E-state index is 13.3. The molecule has 0 spiro atoms. The van der Waals surface area contributed by atoms with Gasteiger partial charge in [-0.3, -0.25) is 14.5 Å². The average Bonchev–Trinajstić information content (AvgIpc) is 2.88. The largest absolute Gasteiger partial charge is 0.337 e. The molecule has 0 unspecified atom stereocenters. The third-order valence-corrected chi connectivity index (χ3v) is 4.25. The maximum Gasteiger partial charge on any atom is 0.278 e. The molecule has 0 saturated carbocycles. The zero-order valence-corrected chi connectivity index (χ0v) is 14.2. The molecule has 2 aromatic carbocycles. The number of likely N-dealkylation sites (N-methyl/N-ethyl adjacent to an activating group) is 2. The van der Waals surface area contributed by atoms with Crippen LogP contribution in [0.3, 0.4) is 0 Å². The van der Waals surface area contributed by atoms with Gasteiger partial charge in [-0.2, -0.15) is 0 Å². The fourth-order valence-electron chi connectivity index (χ4n) is 3.06. The number of anilines is 1. The summed E-state index contributed by atoms with van der Waals surface area (Å²) in [6.07, 6.45) is 0. The summed E-state index contributed by atoms with van der Waals surface area (Å²) in [5, 5.41) is 0. The lowest BCUT2D eigenvalue weighted by Crippen LogP contribution is -2.35. The molecule has 0 aliphatic carbocycles. The number of carbonyl (C=O) groups is 2. The minimum atomic E-state index is -0.384. The molecular formula is C20H19FN2O2. The van der Waals surface area contributed by atoms with E-state index in [0.29, 0.717) is 23.4 Å². The van der Waals surface area contributed by atoms with Crippen LogP contribution < -0.4 is 4.90 Å². The second-order valence-electron chi connectivity index (χ2n) is 5.66. The third kappa shape index (κ3) is 2.93. The summed E-state index contributed by atoms with van der Waals surface area (Å²) >= 11 is 0. The van der Waals surface area contributed by atoms with Crippen molar-refractivity contribution in [2.75, 3.05) is 18.0 Å². The number of imide groups is 1. The zero-order valence-electron chi connectivity index (χ0n) is 14.2. The highest BCUT2D eigenvalue weighted by Gasteiger charge is 2.40. The number of halogens is 1. The van der Waals surface area contributed by atoms with E-state index in [4.69, 9.17) is 0 Å². The number of benzene rings is 2. The summed E-state index contributed by atoms with van der Waals surface area (Å²) in [5.74, 6) is -1.05. The monoisotopic (exact) mass is 338 g/mol. The van der Waals surface area contributed by atoms with Gasteiger partial charge in [-0.15, -0.1) is 0 Å². The first-order chi connectivity index (χ1) is 12.1. The van der Waals surface area contributed by atoms with Crippen molar-refractivity contribution in [1.29, 1.82) is 0 Å². The van der Waals surface area contributed by atoms with Gasteiger partial charge in [0.2, 0.25) is 0 Å². The van der Waals surface area contributed by atoms with Crippen LogP contribution in [-0.2, 0) is 9.59 Å². The molecule has 2 amide bonds. The lowest BCUT2D eigenvalue weighted by atomic mass is 10.0. The summed E-state index contributed by atoms with van der Waals surface area (Å²) in [7, 11) is 0. The van der Waals surface area contributed by atoms with E-state index in [1.54, 1.807) is 6.92 Å². The molecule has 1 aliphatic rings. The normalized spacial score (nSPS) is 14.4. The average molecular weight is 338 g/mol. The number of para-hydroxylation sites is 1. The Morgan fingerprint density at radius 1 is 0.920 bits per heavy atom. The van der Waals surface area contributed by atoms with Crippen molar-refractivity contribution in [3.63, 3.8) is 0 Å². The number of nitrogens with zero attached hydrogens (tertiary/aromatic N) is 2. The second kappa shape index (κ2) is 6.89. The van der Waals surface area contributed by atoms with Crippen molar-refractivity contribution in [2.24, 2.45) is 0 Å². The summed E-state index contributed by atoms with van der Waals surface area (Å²) in [5.41, 5.74) is 2.03. The van der Waals surface area contributed by atoms with Crippen LogP contribution in [0.4, 0.5) is 10.1 Å². The molecule has 2 aromatic rings. The van der Waals surface area contributed by atoms with Crippen molar-refractivity contribution in [3.8, 4) is 0 Å². The van der Waals surface area contributed by atoms with Crippen molar-refractivity contribution < 1.29 is 14.0 Å². The van der Waals surface area contributed by atoms with Crippen molar-refractivity contribution in [3.05, 3.63) is 71.7 Å². The van der Waals surface area contributed by atoms with Gasteiger partial charge in [0.15, 0.2) is 0 Å². The predicted octanol–water partition coefficient (Wildman–Crippen LogP) is 3.45. The van der Waals surface area contributed by atoms with E-state index in [1.165, 1.54) is 29.2 Å². The van der Waals surface area contributed by atoms with Crippen LogP contribution in [0.15, 0.2) is 60.3 Å². The van der Waals surface area contributed by atoms with Crippen LogP contribution in [0.1, 0.15) is 19.4 Å². The van der Waals surface area contributed by atoms with Gasteiger partial charge in [0.25, 0.3) is 11.8 Å². The topological polar surface area (TPSA) is 40.6 Å². The lowest BCUT2D eigenvalue weighted by Gasteiger charge is -2.24. The first kappa shape index (κ1) is 16.9. The maximum absolute atomic E-state index is 13.3. The zero-order chi connectivity index (χ0) is 18.0. The number of rotatable bonds is 5. The number of amides is 2. The van der Waals surface area contributed by atoms with Crippen LogP contribution in [0.2, 0.25) is 0 Å². The molecule has 0 bridgehead atoms. The Balaban J connectivity index is 2.20. The van der Waals surface area contributed by atoms with E-state index in [-0.39, 0.29) is 24.2 Å². The van der Waals surface area contributed by atoms with Gasteiger partial charge in [0, 0.05) is 18.8 Å². The third-order valence-electron chi connectivity index (χ3n) is 4.25. The highest BCUT2D eigenvalue weighted by Crippen LogP contribution is 2.34. The Bertz CT molecular complexity index is 829. The molecule has 0 fully saturated rings. The fourth-order valence-corrected chi connectivity index (χ4v) is 3.06. The molecule has 1 heterocycles. The highest BCUT2D eigenvalue weighted by molar-refractivity contribution is 6.36. The van der Waals surface area contributed by atoms with Gasteiger partial charge in [-0.05, 0) is 43.7 Å². The van der Waals surface area contributed by atoms with Gasteiger partial charge in [0.1, 0.15) is 11.5 Å². The molecule has 0 aromatic heterocycles. The Morgan fingerprint density at radius 3 is 2.12 bits per heavy atom. The Morgan fingerprint density at radius 2 is 1.56 bits per heavy atom. The molecule has 25 heavy (non-hydrogen) atoms. The van der Waals surface area contributed by atoms with Gasteiger partial charge >= 0.3 is 0 Å². The van der Waals surface area contributed by atoms with E-state index in [2.05, 4.69) is 0 Å². The lowest BCUT2D eigenvalue weighted by molar-refractivity contribution is -0.136. The summed E-state index contributed by atoms with van der Waals surface area (Å²) in [6.45, 7) is 4.51. The van der Waals surface area contributed by atoms with Crippen LogP contribution in [0.25, 0.3) is 5.57 Å². The smallest absolute Gasteiger partial charge is 0.278 e. The van der Waals surface area contributed by atoms with Crippen LogP contribution in [-0.4, -0.2) is 29.8 Å². The van der Waals surface area contributed by atoms with Crippen molar-refractivity contribution in [1.82, 2.24) is 4.90 Å². The van der Waals surface area contributed by atoms with Crippen molar-refractivity contribution in [2.45, 2.75) is 13.8 Å². The fraction of sp³-hybridized carbons (Fsp3) is 0.200. The van der Waals surface area contributed by atoms with E-state index in [0.717, 1.165) is 5.69 Å². The molecule has 1 aliphatic heterocycles. The van der Waals surface area contributed by atoms with E-state index >= 15 is 0 Å². The first-order valence-electron chi connectivity index (χ1n) is 8.27. The first-order valence-corrected chi connectivity index (χ1v) is 8.27. The standard InChI is InChI=1S/C20H19FN2O2/c1-3-22(16-8-6-5-7-9-16)18-17(14-10-12-15(21)13-11-14)19(24)23(4-2)20(18)25/h5-13H,3-4H2,1-2H3. The van der Waals surface area contributed by atoms with Crippen LogP contribution in [0, 0.1) is 5.82 Å². The summed E-state index contributed by atoms with van der Waals surface area (Å²) < 4.78 is 13.3. The molecule has 4 nitrogen and oxygen atoms in total. The Labute approximate surface area is 146 Å². The van der Waals surface area contributed by atoms with E-state index < -0.39 is 0 Å². The van der Waals surface area contributed by atoms with Crippen LogP contribution >= 0.6 is 0 Å². The number of carbonyl (C=O) groups excluding carboxylic acids is 2. The minimum Gasteiger partial charge on any atom is -0.337 e. The molecule has 0 N–H and O–H groups in total. The Kier molecular flexibility index (Phi) is 4.65. The predicted molar refractivity (Wildman–Crippen MR) is 95.2 cm³/mol. The highest BCUT2D eigenvalue weighted by atomic mass is 19.1. The van der Waals surface area contributed by atoms with E-state index in [1.807, 2.05) is 42.2 Å². The molecule has 0 radical (unpaired) electrons. The molecule has 128 valence electrons. The van der Waals surface area contributed by atoms with Gasteiger partial charge < -0.3 is 4.90 Å². The molecule has 0 atom stereocenters. The minimum absolute atomic E-state index is 0.290. The second-order valence-corrected chi connectivity index (χ2v) is 5.66. The van der Waals surface area contributed by atoms with Crippen LogP contribution in [0.5, 0.6) is 0 Å². The molecular weight excluding hydrogens is 319 g/mol. The summed E-state index contributed by atoms with van der Waals surface area (Å²) in [4.78, 5) is 28.8. The molecule has 0 saturated heterocycles. The van der Waals surface area contributed by atoms with Gasteiger partial charge in [-0.25, -0.2) is 4.39 Å². The van der Waals surface area contributed by atoms with Gasteiger partial charge in [0.05, 0.1) is 5.57 Å². The summed E-state index contributed by atoms with van der Waals surface area (Å²) in [6, 6.07) is 15.1. The van der Waals surface area contributed by atoms with Gasteiger partial charge in [-0.1, -0.05) is 30.3 Å². The quantitative estimate of drug-likeness (QED) is 0.784. The SMILES string of the molecule is CCN1C(=O)C(c2ccc(F)cc2)=C(N(CC)c2ccccc2)C1=O.